The molecule has 0 bridgehead atoms. The maximum atomic E-state index is 13.9. The monoisotopic (exact) mass is 480 g/mol. The van der Waals surface area contributed by atoms with Gasteiger partial charge in [0.1, 0.15) is 0 Å². The van der Waals surface area contributed by atoms with Crippen LogP contribution >= 0.6 is 0 Å². The molecule has 1 aromatic heterocycles. The molecule has 178 valence electrons. The number of para-hydroxylation sites is 2. The van der Waals surface area contributed by atoms with Gasteiger partial charge in [-0.1, -0.05) is 72.3 Å². The molecular formula is C33H24N2O2. The summed E-state index contributed by atoms with van der Waals surface area (Å²) in [5.74, 6) is -0.557. The minimum atomic E-state index is -0.279. The number of fused-ring (bicyclic) bond motifs is 3. The van der Waals surface area contributed by atoms with Crippen LogP contribution in [0.4, 0.5) is 5.69 Å². The molecule has 6 aromatic rings. The van der Waals surface area contributed by atoms with E-state index in [0.717, 1.165) is 55.0 Å². The summed E-state index contributed by atoms with van der Waals surface area (Å²) in [6.07, 6.45) is 0. The summed E-state index contributed by atoms with van der Waals surface area (Å²) < 4.78 is 0. The Kier molecular flexibility index (Phi) is 4.46. The van der Waals surface area contributed by atoms with Crippen molar-refractivity contribution in [3.63, 3.8) is 0 Å². The molecule has 5 aromatic carbocycles. The highest BCUT2D eigenvalue weighted by atomic mass is 16.2. The van der Waals surface area contributed by atoms with Crippen LogP contribution < -0.4 is 4.90 Å². The lowest BCUT2D eigenvalue weighted by molar-refractivity contribution is 0.0893. The summed E-state index contributed by atoms with van der Waals surface area (Å²) in [7, 11) is 0. The Morgan fingerprint density at radius 3 is 1.95 bits per heavy atom. The molecule has 0 atom stereocenters. The van der Waals surface area contributed by atoms with Gasteiger partial charge < -0.3 is 4.98 Å². The predicted octanol–water partition coefficient (Wildman–Crippen LogP) is 7.87. The number of hydrogen-bond donors (Lipinski definition) is 1. The van der Waals surface area contributed by atoms with Crippen LogP contribution in [0, 0.1) is 20.8 Å². The number of nitrogens with one attached hydrogen (secondary N) is 1. The molecule has 2 heterocycles. The fourth-order valence-corrected chi connectivity index (χ4v) is 6.16. The van der Waals surface area contributed by atoms with Crippen molar-refractivity contribution in [1.29, 1.82) is 0 Å². The van der Waals surface area contributed by atoms with Crippen molar-refractivity contribution in [3.8, 4) is 11.1 Å². The van der Waals surface area contributed by atoms with Crippen molar-refractivity contribution >= 4 is 50.1 Å². The summed E-state index contributed by atoms with van der Waals surface area (Å²) in [4.78, 5) is 32.7. The number of rotatable bonds is 2. The summed E-state index contributed by atoms with van der Waals surface area (Å²) in [5, 5.41) is 3.95. The van der Waals surface area contributed by atoms with Crippen molar-refractivity contribution in [2.45, 2.75) is 20.8 Å². The summed E-state index contributed by atoms with van der Waals surface area (Å²) in [5.41, 5.74) is 8.88. The van der Waals surface area contributed by atoms with Gasteiger partial charge >= 0.3 is 0 Å². The third kappa shape index (κ3) is 2.96. The molecule has 1 N–H and O–H groups in total. The molecule has 0 saturated heterocycles. The largest absolute Gasteiger partial charge is 0.354 e. The predicted molar refractivity (Wildman–Crippen MR) is 151 cm³/mol. The van der Waals surface area contributed by atoms with Gasteiger partial charge in [-0.3, -0.25) is 9.59 Å². The molecular weight excluding hydrogens is 456 g/mol. The van der Waals surface area contributed by atoms with Gasteiger partial charge in [0.25, 0.3) is 11.8 Å². The van der Waals surface area contributed by atoms with Crippen molar-refractivity contribution in [1.82, 2.24) is 4.98 Å². The van der Waals surface area contributed by atoms with Crippen LogP contribution in [0.5, 0.6) is 0 Å². The number of nitrogens with zero attached hydrogens (tertiary/aromatic N) is 1. The summed E-state index contributed by atoms with van der Waals surface area (Å²) in [6, 6.07) is 28.3. The number of benzene rings is 5. The van der Waals surface area contributed by atoms with Gasteiger partial charge in [0.2, 0.25) is 0 Å². The topological polar surface area (TPSA) is 53.2 Å². The minimum Gasteiger partial charge on any atom is -0.354 e. The van der Waals surface area contributed by atoms with Gasteiger partial charge in [-0.25, -0.2) is 4.90 Å². The van der Waals surface area contributed by atoms with Gasteiger partial charge in [-0.05, 0) is 61.0 Å². The molecule has 0 unspecified atom stereocenters. The number of carbonyl (C=O) groups excluding carboxylic acids is 2. The molecule has 0 spiro atoms. The second-order valence-corrected chi connectivity index (χ2v) is 9.98. The number of aryl methyl sites for hydroxylation is 3. The van der Waals surface area contributed by atoms with Gasteiger partial charge in [0, 0.05) is 38.4 Å². The quantitative estimate of drug-likeness (QED) is 0.256. The van der Waals surface area contributed by atoms with E-state index in [0.29, 0.717) is 16.8 Å². The van der Waals surface area contributed by atoms with E-state index in [1.165, 1.54) is 10.3 Å². The second kappa shape index (κ2) is 7.65. The SMILES string of the molecule is Cc1cc(C)c(N2C(=O)c3cccc4c(-c5cccc6c5[nH]c5ccccc56)ccc(c34)C2=O)c(C)c1. The number of hydrogen-bond acceptors (Lipinski definition) is 2. The number of H-pyrrole nitrogens is 1. The van der Waals surface area contributed by atoms with E-state index in [4.69, 9.17) is 0 Å². The van der Waals surface area contributed by atoms with E-state index in [-0.39, 0.29) is 11.8 Å². The number of aromatic amines is 1. The molecule has 37 heavy (non-hydrogen) atoms. The fourth-order valence-electron chi connectivity index (χ4n) is 6.16. The Balaban J connectivity index is 1.48. The summed E-state index contributed by atoms with van der Waals surface area (Å²) >= 11 is 0. The van der Waals surface area contributed by atoms with Crippen LogP contribution in [0.2, 0.25) is 0 Å². The van der Waals surface area contributed by atoms with Crippen molar-refractivity contribution < 1.29 is 9.59 Å². The van der Waals surface area contributed by atoms with E-state index in [1.807, 2.05) is 75.4 Å². The molecule has 1 aliphatic heterocycles. The molecule has 4 heteroatoms. The van der Waals surface area contributed by atoms with E-state index in [1.54, 1.807) is 0 Å². The number of amides is 2. The summed E-state index contributed by atoms with van der Waals surface area (Å²) in [6.45, 7) is 5.93. The van der Waals surface area contributed by atoms with Crippen LogP contribution in [-0.2, 0) is 0 Å². The first kappa shape index (κ1) is 21.6. The van der Waals surface area contributed by atoms with E-state index in [9.17, 15) is 9.59 Å². The molecule has 0 aliphatic carbocycles. The standard InChI is InChI=1S/C33H24N2O2/c1-18-16-19(2)31(20(3)17-18)35-32(36)26-12-6-9-23-21(14-15-27(29(23)26)33(35)37)24-10-7-11-25-22-8-4-5-13-28(22)34-30(24)25/h4-17,34H,1-3H3. The van der Waals surface area contributed by atoms with Crippen LogP contribution in [0.1, 0.15) is 37.4 Å². The molecule has 7 rings (SSSR count). The Hall–Kier alpha value is -4.70. The second-order valence-electron chi connectivity index (χ2n) is 9.98. The van der Waals surface area contributed by atoms with Crippen molar-refractivity contribution in [3.05, 3.63) is 113 Å². The van der Waals surface area contributed by atoms with Gasteiger partial charge in [-0.2, -0.15) is 0 Å². The molecule has 0 radical (unpaired) electrons. The zero-order chi connectivity index (χ0) is 25.4. The molecule has 2 amide bonds. The normalized spacial score (nSPS) is 13.3. The first-order valence-corrected chi connectivity index (χ1v) is 12.5. The van der Waals surface area contributed by atoms with Gasteiger partial charge in [-0.15, -0.1) is 0 Å². The minimum absolute atomic E-state index is 0.279. The Bertz CT molecular complexity index is 1920. The highest BCUT2D eigenvalue weighted by Crippen LogP contribution is 2.41. The lowest BCUT2D eigenvalue weighted by Gasteiger charge is -2.30. The first-order chi connectivity index (χ1) is 17.9. The third-order valence-corrected chi connectivity index (χ3v) is 7.60. The maximum absolute atomic E-state index is 13.9. The Morgan fingerprint density at radius 1 is 0.595 bits per heavy atom. The van der Waals surface area contributed by atoms with E-state index in [2.05, 4.69) is 35.3 Å². The zero-order valence-corrected chi connectivity index (χ0v) is 20.8. The van der Waals surface area contributed by atoms with Crippen molar-refractivity contribution in [2.24, 2.45) is 0 Å². The highest BCUT2D eigenvalue weighted by molar-refractivity contribution is 6.37. The average Bonchev–Trinajstić information content (AvgIpc) is 3.27. The van der Waals surface area contributed by atoms with Crippen molar-refractivity contribution in [2.75, 3.05) is 4.90 Å². The average molecular weight is 481 g/mol. The number of anilines is 1. The van der Waals surface area contributed by atoms with Crippen LogP contribution in [0.25, 0.3) is 43.7 Å². The molecule has 0 fully saturated rings. The number of aromatic nitrogens is 1. The molecule has 0 saturated carbocycles. The van der Waals surface area contributed by atoms with E-state index >= 15 is 0 Å². The van der Waals surface area contributed by atoms with Gasteiger partial charge in [0.05, 0.1) is 11.2 Å². The van der Waals surface area contributed by atoms with Crippen LogP contribution in [0.15, 0.2) is 84.9 Å². The Labute approximate surface area is 214 Å². The lowest BCUT2D eigenvalue weighted by Crippen LogP contribution is -2.41. The number of carbonyl (C=O) groups is 2. The lowest BCUT2D eigenvalue weighted by atomic mass is 9.88. The smallest absolute Gasteiger partial charge is 0.266 e. The first-order valence-electron chi connectivity index (χ1n) is 12.5. The molecule has 4 nitrogen and oxygen atoms in total. The van der Waals surface area contributed by atoms with Crippen LogP contribution in [0.3, 0.4) is 0 Å². The van der Waals surface area contributed by atoms with Crippen LogP contribution in [-0.4, -0.2) is 16.8 Å². The Morgan fingerprint density at radius 2 is 1.19 bits per heavy atom. The zero-order valence-electron chi connectivity index (χ0n) is 20.8. The van der Waals surface area contributed by atoms with E-state index < -0.39 is 0 Å². The fraction of sp³-hybridized carbons (Fsp3) is 0.0909. The maximum Gasteiger partial charge on any atom is 0.266 e. The number of imide groups is 1. The molecule has 1 aliphatic rings. The highest BCUT2D eigenvalue weighted by Gasteiger charge is 2.36. The third-order valence-electron chi connectivity index (χ3n) is 7.60. The van der Waals surface area contributed by atoms with Gasteiger partial charge in [0.15, 0.2) is 0 Å².